The lowest BCUT2D eigenvalue weighted by Crippen LogP contribution is -1.91. The fourth-order valence-electron chi connectivity index (χ4n) is 1.87. The Balaban J connectivity index is 2.20. The summed E-state index contributed by atoms with van der Waals surface area (Å²) in [5.41, 5.74) is 4.63. The Morgan fingerprint density at radius 3 is 2.78 bits per heavy atom. The van der Waals surface area contributed by atoms with Crippen molar-refractivity contribution in [2.45, 2.75) is 6.92 Å². The van der Waals surface area contributed by atoms with Gasteiger partial charge in [0.05, 0.1) is 22.9 Å². The second-order valence-electron chi connectivity index (χ2n) is 4.08. The minimum absolute atomic E-state index is 0.671. The molecule has 1 aromatic carbocycles. The molecule has 0 bridgehead atoms. The summed E-state index contributed by atoms with van der Waals surface area (Å²) in [5, 5.41) is 0.671. The molecule has 0 fully saturated rings. The van der Waals surface area contributed by atoms with Gasteiger partial charge in [0.25, 0.3) is 0 Å². The van der Waals surface area contributed by atoms with E-state index < -0.39 is 0 Å². The van der Waals surface area contributed by atoms with Crippen LogP contribution in [-0.2, 0) is 0 Å². The predicted molar refractivity (Wildman–Crippen MR) is 72.5 cm³/mol. The van der Waals surface area contributed by atoms with Crippen molar-refractivity contribution in [2.24, 2.45) is 0 Å². The van der Waals surface area contributed by atoms with Crippen LogP contribution in [0.5, 0.6) is 0 Å². The van der Waals surface area contributed by atoms with Gasteiger partial charge in [-0.1, -0.05) is 11.6 Å². The van der Waals surface area contributed by atoms with Crippen LogP contribution in [0, 0.1) is 6.92 Å². The molecule has 88 valence electrons. The average Bonchev–Trinajstić information content (AvgIpc) is 2.39. The highest BCUT2D eigenvalue weighted by Gasteiger charge is 2.05. The summed E-state index contributed by atoms with van der Waals surface area (Å²) >= 11 is 5.92. The Labute approximate surface area is 109 Å². The first kappa shape index (κ1) is 11.1. The van der Waals surface area contributed by atoms with Crippen molar-refractivity contribution in [3.63, 3.8) is 0 Å². The molecule has 0 spiro atoms. The van der Waals surface area contributed by atoms with E-state index in [9.17, 15) is 0 Å². The molecule has 0 amide bonds. The maximum Gasteiger partial charge on any atom is 0.0902 e. The lowest BCUT2D eigenvalue weighted by molar-refractivity contribution is 1.23. The van der Waals surface area contributed by atoms with Gasteiger partial charge >= 0.3 is 0 Å². The highest BCUT2D eigenvalue weighted by molar-refractivity contribution is 6.31. The van der Waals surface area contributed by atoms with Crippen LogP contribution >= 0.6 is 11.6 Å². The van der Waals surface area contributed by atoms with E-state index in [1.807, 2.05) is 37.4 Å². The van der Waals surface area contributed by atoms with Crippen molar-refractivity contribution in [1.29, 1.82) is 0 Å². The first-order valence-corrected chi connectivity index (χ1v) is 5.95. The summed E-state index contributed by atoms with van der Waals surface area (Å²) in [6, 6.07) is 7.46. The van der Waals surface area contributed by atoms with Crippen molar-refractivity contribution in [3.05, 3.63) is 53.4 Å². The van der Waals surface area contributed by atoms with Crippen LogP contribution in [0.15, 0.2) is 42.9 Å². The quantitative estimate of drug-likeness (QED) is 0.666. The molecule has 18 heavy (non-hydrogen) atoms. The Bertz CT molecular complexity index is 725. The van der Waals surface area contributed by atoms with Crippen LogP contribution in [0.4, 0.5) is 0 Å². The van der Waals surface area contributed by atoms with Crippen molar-refractivity contribution in [2.75, 3.05) is 0 Å². The number of halogens is 1. The number of aromatic nitrogens is 3. The van der Waals surface area contributed by atoms with Gasteiger partial charge in [-0.15, -0.1) is 0 Å². The van der Waals surface area contributed by atoms with E-state index in [0.717, 1.165) is 27.9 Å². The van der Waals surface area contributed by atoms with Gasteiger partial charge in [0.15, 0.2) is 0 Å². The lowest BCUT2D eigenvalue weighted by Gasteiger charge is -2.05. The largest absolute Gasteiger partial charge is 0.264 e. The smallest absolute Gasteiger partial charge is 0.0902 e. The number of fused-ring (bicyclic) bond motifs is 1. The number of aryl methyl sites for hydroxylation is 1. The summed E-state index contributed by atoms with van der Waals surface area (Å²) in [7, 11) is 0. The Morgan fingerprint density at radius 2 is 1.94 bits per heavy atom. The summed E-state index contributed by atoms with van der Waals surface area (Å²) in [6.07, 6.45) is 5.35. The Kier molecular flexibility index (Phi) is 2.68. The van der Waals surface area contributed by atoms with E-state index in [1.165, 1.54) is 0 Å². The second kappa shape index (κ2) is 4.35. The number of hydrogen-bond acceptors (Lipinski definition) is 3. The molecule has 3 nitrogen and oxygen atoms in total. The van der Waals surface area contributed by atoms with Gasteiger partial charge in [-0.25, -0.2) is 4.98 Å². The summed E-state index contributed by atoms with van der Waals surface area (Å²) in [6.45, 7) is 2.01. The zero-order valence-electron chi connectivity index (χ0n) is 9.76. The third kappa shape index (κ3) is 1.93. The molecule has 0 aliphatic rings. The van der Waals surface area contributed by atoms with E-state index in [2.05, 4.69) is 15.0 Å². The van der Waals surface area contributed by atoms with Crippen molar-refractivity contribution < 1.29 is 0 Å². The molecule has 0 aliphatic heterocycles. The van der Waals surface area contributed by atoms with Crippen LogP contribution in [0.2, 0.25) is 5.02 Å². The Hall–Kier alpha value is -2.00. The second-order valence-corrected chi connectivity index (χ2v) is 4.52. The number of rotatable bonds is 1. The van der Waals surface area contributed by atoms with E-state index in [4.69, 9.17) is 11.6 Å². The fraction of sp³-hybridized carbons (Fsp3) is 0.0714. The normalized spacial score (nSPS) is 10.8. The molecule has 0 unspecified atom stereocenters. The van der Waals surface area contributed by atoms with Crippen molar-refractivity contribution in [3.8, 4) is 11.3 Å². The van der Waals surface area contributed by atoms with Crippen LogP contribution in [0.1, 0.15) is 5.56 Å². The monoisotopic (exact) mass is 255 g/mol. The molecule has 0 N–H and O–H groups in total. The minimum Gasteiger partial charge on any atom is -0.264 e. The molecule has 0 saturated carbocycles. The van der Waals surface area contributed by atoms with Gasteiger partial charge in [-0.3, -0.25) is 9.97 Å². The molecule has 2 aromatic heterocycles. The van der Waals surface area contributed by atoms with Gasteiger partial charge in [-0.2, -0.15) is 0 Å². The number of pyridine rings is 1. The van der Waals surface area contributed by atoms with Gasteiger partial charge < -0.3 is 0 Å². The maximum absolute atomic E-state index is 5.92. The number of hydrogen-bond donors (Lipinski definition) is 0. The summed E-state index contributed by atoms with van der Waals surface area (Å²) in [4.78, 5) is 13.1. The molecule has 2 heterocycles. The maximum atomic E-state index is 5.92. The highest BCUT2D eigenvalue weighted by atomic mass is 35.5. The first-order chi connectivity index (χ1) is 8.74. The molecule has 4 heteroatoms. The summed E-state index contributed by atoms with van der Waals surface area (Å²) in [5.74, 6) is 0. The van der Waals surface area contributed by atoms with Gasteiger partial charge in [0.2, 0.25) is 0 Å². The number of benzene rings is 1. The zero-order valence-corrected chi connectivity index (χ0v) is 10.5. The molecule has 3 aromatic rings. The molecule has 3 rings (SSSR count). The standard InChI is InChI=1S/C14H10ClN3/c1-9-7-16-5-4-11(9)14-8-17-13-6-10(15)2-3-12(13)18-14/h2-8H,1H3. The van der Waals surface area contributed by atoms with E-state index >= 15 is 0 Å². The topological polar surface area (TPSA) is 38.7 Å². The van der Waals surface area contributed by atoms with Crippen molar-refractivity contribution in [1.82, 2.24) is 15.0 Å². The predicted octanol–water partition coefficient (Wildman–Crippen LogP) is 3.65. The molecule has 0 atom stereocenters. The van der Waals surface area contributed by atoms with Crippen LogP contribution in [0.3, 0.4) is 0 Å². The van der Waals surface area contributed by atoms with Gasteiger partial charge in [0, 0.05) is 23.0 Å². The molecule has 0 aliphatic carbocycles. The van der Waals surface area contributed by atoms with Crippen LogP contribution in [0.25, 0.3) is 22.3 Å². The molecular weight excluding hydrogens is 246 g/mol. The van der Waals surface area contributed by atoms with Gasteiger partial charge in [0.1, 0.15) is 0 Å². The molecule has 0 radical (unpaired) electrons. The first-order valence-electron chi connectivity index (χ1n) is 5.57. The van der Waals surface area contributed by atoms with E-state index in [1.54, 1.807) is 12.4 Å². The number of nitrogens with zero attached hydrogens (tertiary/aromatic N) is 3. The van der Waals surface area contributed by atoms with Crippen molar-refractivity contribution >= 4 is 22.6 Å². The van der Waals surface area contributed by atoms with E-state index in [-0.39, 0.29) is 0 Å². The summed E-state index contributed by atoms with van der Waals surface area (Å²) < 4.78 is 0. The fourth-order valence-corrected chi connectivity index (χ4v) is 2.04. The van der Waals surface area contributed by atoms with Gasteiger partial charge in [-0.05, 0) is 36.8 Å². The Morgan fingerprint density at radius 1 is 1.06 bits per heavy atom. The van der Waals surface area contributed by atoms with Crippen LogP contribution < -0.4 is 0 Å². The lowest BCUT2D eigenvalue weighted by atomic mass is 10.1. The minimum atomic E-state index is 0.671. The van der Waals surface area contributed by atoms with Crippen LogP contribution in [-0.4, -0.2) is 15.0 Å². The molecular formula is C14H10ClN3. The zero-order chi connectivity index (χ0) is 12.5. The SMILES string of the molecule is Cc1cnccc1-c1cnc2cc(Cl)ccc2n1. The third-order valence-corrected chi connectivity index (χ3v) is 3.04. The van der Waals surface area contributed by atoms with E-state index in [0.29, 0.717) is 5.02 Å². The highest BCUT2D eigenvalue weighted by Crippen LogP contribution is 2.22. The third-order valence-electron chi connectivity index (χ3n) is 2.80. The molecule has 0 saturated heterocycles. The average molecular weight is 256 g/mol.